The lowest BCUT2D eigenvalue weighted by molar-refractivity contribution is 0.377. The Balaban J connectivity index is 2.71. The first kappa shape index (κ1) is 16.1. The van der Waals surface area contributed by atoms with Gasteiger partial charge in [-0.15, -0.1) is 5.54 Å². The van der Waals surface area contributed by atoms with E-state index in [9.17, 15) is 0 Å². The van der Waals surface area contributed by atoms with E-state index < -0.39 is 8.07 Å². The molecule has 0 aromatic carbocycles. The van der Waals surface area contributed by atoms with Crippen LogP contribution in [0.25, 0.3) is 0 Å². The zero-order valence-electron chi connectivity index (χ0n) is 13.4. The molecule has 0 fully saturated rings. The fraction of sp³-hybridized carbons (Fsp3) is 0.556. The summed E-state index contributed by atoms with van der Waals surface area (Å²) in [6.45, 7) is 13.8. The lowest BCUT2D eigenvalue weighted by Crippen LogP contribution is -2.18. The summed E-state index contributed by atoms with van der Waals surface area (Å²) >= 11 is 0. The molecule has 0 aromatic rings. The van der Waals surface area contributed by atoms with Gasteiger partial charge in [0.15, 0.2) is 0 Å². The molecular weight excluding hydrogens is 244 g/mol. The van der Waals surface area contributed by atoms with Gasteiger partial charge < -0.3 is 0 Å². The molecule has 0 radical (unpaired) electrons. The fourth-order valence-corrected chi connectivity index (χ4v) is 3.04. The number of rotatable bonds is 2. The molecule has 0 heterocycles. The maximum Gasteiger partial charge on any atom is 0.129 e. The summed E-state index contributed by atoms with van der Waals surface area (Å²) in [4.78, 5) is 0. The summed E-state index contributed by atoms with van der Waals surface area (Å²) in [6, 6.07) is 0. The molecule has 104 valence electrons. The topological polar surface area (TPSA) is 0 Å². The van der Waals surface area contributed by atoms with Gasteiger partial charge >= 0.3 is 0 Å². The molecule has 0 atom stereocenters. The Kier molecular flexibility index (Phi) is 5.44. The maximum atomic E-state index is 3.34. The number of hydrogen-bond acceptors (Lipinski definition) is 0. The minimum absolute atomic E-state index is 0.330. The highest BCUT2D eigenvalue weighted by Gasteiger charge is 2.26. The van der Waals surface area contributed by atoms with Crippen LogP contribution in [-0.2, 0) is 0 Å². The Morgan fingerprint density at radius 2 is 1.84 bits per heavy atom. The molecule has 0 aliphatic heterocycles. The van der Waals surface area contributed by atoms with Gasteiger partial charge in [0.1, 0.15) is 8.07 Å². The largest absolute Gasteiger partial charge is 0.129 e. The summed E-state index contributed by atoms with van der Waals surface area (Å²) in [5.41, 5.74) is 6.74. The summed E-state index contributed by atoms with van der Waals surface area (Å²) in [5.74, 6) is 3.16. The predicted molar refractivity (Wildman–Crippen MR) is 89.7 cm³/mol. The molecule has 0 unspecified atom stereocenters. The molecule has 0 saturated heterocycles. The van der Waals surface area contributed by atoms with Crippen LogP contribution in [0.1, 0.15) is 40.0 Å². The molecule has 0 aromatic heterocycles. The van der Waals surface area contributed by atoms with Crippen LogP contribution < -0.4 is 0 Å². The van der Waals surface area contributed by atoms with Crippen LogP contribution in [0.15, 0.2) is 35.5 Å². The lowest BCUT2D eigenvalue weighted by Gasteiger charge is -2.32. The second-order valence-corrected chi connectivity index (χ2v) is 11.9. The van der Waals surface area contributed by atoms with Crippen molar-refractivity contribution in [3.63, 3.8) is 0 Å². The number of hydrogen-bond donors (Lipinski definition) is 0. The SMILES string of the molecule is CC1=C(/C=C/C=C/C#C[Si](C)(C)C)C(C)(C)CCC1. The summed E-state index contributed by atoms with van der Waals surface area (Å²) in [5, 5.41) is 0. The normalized spacial score (nSPS) is 19.9. The second kappa shape index (κ2) is 6.44. The minimum atomic E-state index is -1.23. The van der Waals surface area contributed by atoms with Gasteiger partial charge in [0.2, 0.25) is 0 Å². The van der Waals surface area contributed by atoms with Crippen LogP contribution in [-0.4, -0.2) is 8.07 Å². The van der Waals surface area contributed by atoms with Crippen molar-refractivity contribution in [2.75, 3.05) is 0 Å². The highest BCUT2D eigenvalue weighted by Crippen LogP contribution is 2.40. The lowest BCUT2D eigenvalue weighted by atomic mass is 9.73. The van der Waals surface area contributed by atoms with Crippen molar-refractivity contribution in [3.05, 3.63) is 35.5 Å². The smallest absolute Gasteiger partial charge is 0.127 e. The van der Waals surface area contributed by atoms with E-state index in [0.29, 0.717) is 5.41 Å². The van der Waals surface area contributed by atoms with Crippen molar-refractivity contribution in [1.82, 2.24) is 0 Å². The van der Waals surface area contributed by atoms with Crippen LogP contribution in [0.4, 0.5) is 0 Å². The summed E-state index contributed by atoms with van der Waals surface area (Å²) < 4.78 is 0. The van der Waals surface area contributed by atoms with Crippen LogP contribution >= 0.6 is 0 Å². The summed E-state index contributed by atoms with van der Waals surface area (Å²) in [7, 11) is -1.23. The third-order valence-electron chi connectivity index (χ3n) is 3.54. The standard InChI is InChI=1S/C18H28Si/c1-16-12-11-14-18(2,3)17(16)13-9-7-8-10-15-19(4,5)6/h7-9,13H,11-12,14H2,1-6H3/b8-7+,13-9+. The molecule has 1 rings (SSSR count). The van der Waals surface area contributed by atoms with Crippen molar-refractivity contribution in [3.8, 4) is 11.5 Å². The molecule has 0 amide bonds. The molecule has 1 heteroatoms. The third kappa shape index (κ3) is 5.66. The van der Waals surface area contributed by atoms with Gasteiger partial charge in [0.25, 0.3) is 0 Å². The van der Waals surface area contributed by atoms with Crippen LogP contribution in [0.5, 0.6) is 0 Å². The van der Waals surface area contributed by atoms with Crippen LogP contribution in [0.2, 0.25) is 19.6 Å². The van der Waals surface area contributed by atoms with E-state index in [1.807, 2.05) is 6.08 Å². The van der Waals surface area contributed by atoms with Gasteiger partial charge in [-0.2, -0.15) is 0 Å². The first-order valence-corrected chi connectivity index (χ1v) is 10.8. The predicted octanol–water partition coefficient (Wildman–Crippen LogP) is 5.51. The van der Waals surface area contributed by atoms with Gasteiger partial charge in [-0.1, -0.05) is 63.2 Å². The zero-order valence-corrected chi connectivity index (χ0v) is 14.4. The Hall–Kier alpha value is -1.00. The number of allylic oxidation sites excluding steroid dienone is 6. The van der Waals surface area contributed by atoms with Gasteiger partial charge in [-0.05, 0) is 43.3 Å². The summed E-state index contributed by atoms with van der Waals surface area (Å²) in [6.07, 6.45) is 12.3. The molecular formula is C18H28Si. The van der Waals surface area contributed by atoms with Crippen LogP contribution in [0, 0.1) is 16.9 Å². The Labute approximate surface area is 120 Å². The van der Waals surface area contributed by atoms with E-state index >= 15 is 0 Å². The van der Waals surface area contributed by atoms with Crippen molar-refractivity contribution in [2.24, 2.45) is 5.41 Å². The average molecular weight is 273 g/mol. The first-order chi connectivity index (χ1) is 8.72. The molecule has 1 aliphatic rings. The molecule has 0 N–H and O–H groups in total. The molecule has 19 heavy (non-hydrogen) atoms. The van der Waals surface area contributed by atoms with E-state index in [4.69, 9.17) is 0 Å². The van der Waals surface area contributed by atoms with E-state index in [2.05, 4.69) is 70.1 Å². The first-order valence-electron chi connectivity index (χ1n) is 7.28. The quantitative estimate of drug-likeness (QED) is 0.353. The van der Waals surface area contributed by atoms with E-state index in [-0.39, 0.29) is 0 Å². The Morgan fingerprint density at radius 3 is 2.42 bits per heavy atom. The highest BCUT2D eigenvalue weighted by molar-refractivity contribution is 6.83. The zero-order chi connectivity index (χ0) is 14.5. The van der Waals surface area contributed by atoms with Crippen molar-refractivity contribution >= 4 is 8.07 Å². The molecule has 1 aliphatic carbocycles. The fourth-order valence-electron chi connectivity index (χ4n) is 2.52. The molecule has 0 spiro atoms. The van der Waals surface area contributed by atoms with Gasteiger partial charge in [-0.25, -0.2) is 0 Å². The third-order valence-corrected chi connectivity index (χ3v) is 4.44. The van der Waals surface area contributed by atoms with Crippen molar-refractivity contribution in [1.29, 1.82) is 0 Å². The Morgan fingerprint density at radius 1 is 1.16 bits per heavy atom. The maximum absolute atomic E-state index is 3.34. The average Bonchev–Trinajstić information content (AvgIpc) is 2.24. The van der Waals surface area contributed by atoms with Crippen LogP contribution in [0.3, 0.4) is 0 Å². The van der Waals surface area contributed by atoms with Crippen molar-refractivity contribution < 1.29 is 0 Å². The van der Waals surface area contributed by atoms with E-state index in [1.165, 1.54) is 24.8 Å². The van der Waals surface area contributed by atoms with E-state index in [0.717, 1.165) is 0 Å². The van der Waals surface area contributed by atoms with E-state index in [1.54, 1.807) is 5.57 Å². The van der Waals surface area contributed by atoms with Gasteiger partial charge in [0.05, 0.1) is 0 Å². The molecule has 0 saturated carbocycles. The Bertz CT molecular complexity index is 456. The monoisotopic (exact) mass is 272 g/mol. The molecule has 0 nitrogen and oxygen atoms in total. The van der Waals surface area contributed by atoms with Gasteiger partial charge in [0, 0.05) is 0 Å². The van der Waals surface area contributed by atoms with Crippen molar-refractivity contribution in [2.45, 2.75) is 59.7 Å². The highest BCUT2D eigenvalue weighted by atomic mass is 28.3. The van der Waals surface area contributed by atoms with Gasteiger partial charge in [-0.3, -0.25) is 0 Å². The molecule has 0 bridgehead atoms. The minimum Gasteiger partial charge on any atom is -0.127 e. The second-order valence-electron chi connectivity index (χ2n) is 7.17.